The molecule has 1 aliphatic carbocycles. The number of rotatable bonds is 2. The van der Waals surface area contributed by atoms with Crippen LogP contribution in [0.15, 0.2) is 22.7 Å². The van der Waals surface area contributed by atoms with E-state index in [0.717, 1.165) is 20.8 Å². The van der Waals surface area contributed by atoms with Crippen LogP contribution in [0.3, 0.4) is 0 Å². The maximum atomic E-state index is 6.10. The quantitative estimate of drug-likeness (QED) is 0.912. The number of hydrogen-bond acceptors (Lipinski definition) is 3. The monoisotopic (exact) mass is 325 g/mol. The number of fused-ring (bicyclic) bond motifs is 1. The minimum absolute atomic E-state index is 0.508. The molecule has 3 nitrogen and oxygen atoms in total. The van der Waals surface area contributed by atoms with E-state index in [0.29, 0.717) is 12.0 Å². The highest BCUT2D eigenvalue weighted by molar-refractivity contribution is 9.10. The number of anilines is 1. The summed E-state index contributed by atoms with van der Waals surface area (Å²) in [5, 5.41) is 0.766. The molecule has 1 aromatic heterocycles. The minimum Gasteiger partial charge on any atom is -0.369 e. The van der Waals surface area contributed by atoms with Gasteiger partial charge >= 0.3 is 0 Å². The van der Waals surface area contributed by atoms with Crippen LogP contribution in [0.5, 0.6) is 0 Å². The fourth-order valence-corrected chi connectivity index (χ4v) is 3.98. The Morgan fingerprint density at radius 1 is 1.44 bits per heavy atom. The van der Waals surface area contributed by atoms with Crippen LogP contribution < -0.4 is 5.73 Å². The minimum atomic E-state index is 0.508. The number of benzene rings is 1. The second-order valence-electron chi connectivity index (χ2n) is 4.80. The lowest BCUT2D eigenvalue weighted by atomic mass is 10.2. The van der Waals surface area contributed by atoms with Gasteiger partial charge in [0.25, 0.3) is 0 Å². The summed E-state index contributed by atoms with van der Waals surface area (Å²) in [5.74, 6) is 0.648. The predicted octanol–water partition coefficient (Wildman–Crippen LogP) is 3.84. The van der Waals surface area contributed by atoms with Crippen molar-refractivity contribution in [1.29, 1.82) is 0 Å². The molecule has 1 aromatic carbocycles. The Kier molecular flexibility index (Phi) is 3.28. The first-order valence-electron chi connectivity index (χ1n) is 6.15. The number of nitrogens with two attached hydrogens (primary N) is 1. The Morgan fingerprint density at radius 3 is 3.00 bits per heavy atom. The van der Waals surface area contributed by atoms with Crippen molar-refractivity contribution < 1.29 is 0 Å². The van der Waals surface area contributed by atoms with Gasteiger partial charge in [-0.1, -0.05) is 15.9 Å². The van der Waals surface area contributed by atoms with E-state index in [9.17, 15) is 0 Å². The molecule has 2 N–H and O–H groups in total. The normalized spacial score (nSPS) is 23.9. The lowest BCUT2D eigenvalue weighted by Crippen LogP contribution is -2.09. The van der Waals surface area contributed by atoms with Crippen molar-refractivity contribution in [2.45, 2.75) is 30.6 Å². The van der Waals surface area contributed by atoms with E-state index in [2.05, 4.69) is 43.9 Å². The van der Waals surface area contributed by atoms with Crippen molar-refractivity contribution in [3.05, 3.63) is 22.7 Å². The summed E-state index contributed by atoms with van der Waals surface area (Å²) in [6.45, 7) is 0. The van der Waals surface area contributed by atoms with Crippen molar-refractivity contribution in [3.8, 4) is 0 Å². The number of hydrogen-bond donors (Lipinski definition) is 1. The summed E-state index contributed by atoms with van der Waals surface area (Å²) >= 11 is 5.44. The van der Waals surface area contributed by atoms with Crippen LogP contribution in [0.4, 0.5) is 5.95 Å². The number of aromatic nitrogens is 2. The summed E-state index contributed by atoms with van der Waals surface area (Å²) < 4.78 is 3.27. The molecule has 3 rings (SSSR count). The molecule has 1 fully saturated rings. The molecule has 1 aliphatic rings. The highest BCUT2D eigenvalue weighted by Gasteiger charge is 2.27. The number of halogens is 1. The molecular formula is C13H16BrN3S. The van der Waals surface area contributed by atoms with Gasteiger partial charge in [-0.05, 0) is 43.7 Å². The Morgan fingerprint density at radius 2 is 2.28 bits per heavy atom. The SMILES string of the molecule is CSC1CCC(n2c(N)nc3cc(Br)ccc32)C1. The standard InChI is InChI=1S/C13H16BrN3S/c1-18-10-4-3-9(7-10)17-12-5-2-8(14)6-11(12)16-13(17)15/h2,5-6,9-10H,3-4,7H2,1H3,(H2,15,16). The first kappa shape index (κ1) is 12.4. The Balaban J connectivity index is 2.04. The van der Waals surface area contributed by atoms with Crippen molar-refractivity contribution in [2.24, 2.45) is 0 Å². The summed E-state index contributed by atoms with van der Waals surface area (Å²) in [4.78, 5) is 4.47. The highest BCUT2D eigenvalue weighted by Crippen LogP contribution is 2.39. The molecular weight excluding hydrogens is 310 g/mol. The van der Waals surface area contributed by atoms with E-state index in [1.165, 1.54) is 19.3 Å². The van der Waals surface area contributed by atoms with Crippen LogP contribution in [0.1, 0.15) is 25.3 Å². The summed E-state index contributed by atoms with van der Waals surface area (Å²) in [6.07, 6.45) is 5.88. The lowest BCUT2D eigenvalue weighted by molar-refractivity contribution is 0.540. The maximum absolute atomic E-state index is 6.10. The zero-order valence-electron chi connectivity index (χ0n) is 10.3. The van der Waals surface area contributed by atoms with Gasteiger partial charge in [0.1, 0.15) is 0 Å². The number of thioether (sulfide) groups is 1. The molecule has 0 aliphatic heterocycles. The predicted molar refractivity (Wildman–Crippen MR) is 82.0 cm³/mol. The molecule has 1 saturated carbocycles. The van der Waals surface area contributed by atoms with Gasteiger partial charge < -0.3 is 10.3 Å². The van der Waals surface area contributed by atoms with Gasteiger partial charge in [0.15, 0.2) is 0 Å². The highest BCUT2D eigenvalue weighted by atomic mass is 79.9. The topological polar surface area (TPSA) is 43.8 Å². The maximum Gasteiger partial charge on any atom is 0.201 e. The molecule has 18 heavy (non-hydrogen) atoms. The van der Waals surface area contributed by atoms with Crippen LogP contribution >= 0.6 is 27.7 Å². The van der Waals surface area contributed by atoms with Crippen molar-refractivity contribution in [2.75, 3.05) is 12.0 Å². The fourth-order valence-electron chi connectivity index (χ4n) is 2.84. The van der Waals surface area contributed by atoms with Gasteiger partial charge in [-0.3, -0.25) is 0 Å². The number of imidazole rings is 1. The van der Waals surface area contributed by atoms with Gasteiger partial charge in [0.2, 0.25) is 5.95 Å². The average molecular weight is 326 g/mol. The van der Waals surface area contributed by atoms with Gasteiger partial charge in [-0.25, -0.2) is 4.98 Å². The second kappa shape index (κ2) is 4.78. The van der Waals surface area contributed by atoms with E-state index in [1.54, 1.807) is 0 Å². The largest absolute Gasteiger partial charge is 0.369 e. The van der Waals surface area contributed by atoms with Crippen molar-refractivity contribution in [1.82, 2.24) is 9.55 Å². The third-order valence-corrected chi connectivity index (χ3v) is 5.32. The molecule has 2 atom stereocenters. The van der Waals surface area contributed by atoms with E-state index in [1.807, 2.05) is 17.8 Å². The summed E-state index contributed by atoms with van der Waals surface area (Å²) in [5.41, 5.74) is 8.24. The average Bonchev–Trinajstić information content (AvgIpc) is 2.91. The number of nitrogens with zero attached hydrogens (tertiary/aromatic N) is 2. The molecule has 0 saturated heterocycles. The lowest BCUT2D eigenvalue weighted by Gasteiger charge is -2.15. The van der Waals surface area contributed by atoms with Crippen molar-refractivity contribution >= 4 is 44.7 Å². The molecule has 1 heterocycles. The smallest absolute Gasteiger partial charge is 0.201 e. The first-order valence-corrected chi connectivity index (χ1v) is 8.23. The molecule has 2 aromatic rings. The zero-order valence-corrected chi connectivity index (χ0v) is 12.7. The van der Waals surface area contributed by atoms with Crippen LogP contribution in [-0.2, 0) is 0 Å². The van der Waals surface area contributed by atoms with E-state index >= 15 is 0 Å². The Labute approximate surface area is 119 Å². The van der Waals surface area contributed by atoms with Gasteiger partial charge in [0, 0.05) is 15.8 Å². The van der Waals surface area contributed by atoms with E-state index in [-0.39, 0.29) is 0 Å². The molecule has 0 amide bonds. The van der Waals surface area contributed by atoms with Crippen LogP contribution in [0, 0.1) is 0 Å². The van der Waals surface area contributed by atoms with E-state index in [4.69, 9.17) is 5.73 Å². The van der Waals surface area contributed by atoms with Gasteiger partial charge in [0.05, 0.1) is 11.0 Å². The van der Waals surface area contributed by atoms with Gasteiger partial charge in [-0.2, -0.15) is 11.8 Å². The number of nitrogen functional groups attached to an aromatic ring is 1. The molecule has 0 spiro atoms. The van der Waals surface area contributed by atoms with Crippen LogP contribution in [0.2, 0.25) is 0 Å². The van der Waals surface area contributed by atoms with Crippen molar-refractivity contribution in [3.63, 3.8) is 0 Å². The van der Waals surface area contributed by atoms with Gasteiger partial charge in [-0.15, -0.1) is 0 Å². The summed E-state index contributed by atoms with van der Waals surface area (Å²) in [6, 6.07) is 6.70. The second-order valence-corrected chi connectivity index (χ2v) is 6.85. The third-order valence-electron chi connectivity index (χ3n) is 3.73. The molecule has 96 valence electrons. The Bertz CT molecular complexity index is 581. The fraction of sp³-hybridized carbons (Fsp3) is 0.462. The first-order chi connectivity index (χ1) is 8.69. The van der Waals surface area contributed by atoms with Crippen LogP contribution in [0.25, 0.3) is 11.0 Å². The molecule has 0 radical (unpaired) electrons. The molecule has 2 unspecified atom stereocenters. The van der Waals surface area contributed by atoms with E-state index < -0.39 is 0 Å². The molecule has 5 heteroatoms. The third kappa shape index (κ3) is 2.03. The Hall–Kier alpha value is -0.680. The zero-order chi connectivity index (χ0) is 12.7. The molecule has 0 bridgehead atoms. The summed E-state index contributed by atoms with van der Waals surface area (Å²) in [7, 11) is 0. The van der Waals surface area contributed by atoms with Crippen LogP contribution in [-0.4, -0.2) is 21.1 Å².